The lowest BCUT2D eigenvalue weighted by molar-refractivity contribution is -0.121. The van der Waals surface area contributed by atoms with Crippen molar-refractivity contribution in [2.75, 3.05) is 12.8 Å². The maximum atomic E-state index is 11.4. The van der Waals surface area contributed by atoms with E-state index < -0.39 is 0 Å². The number of hydrogen-bond donors (Lipinski definition) is 3. The molecule has 1 heterocycles. The van der Waals surface area contributed by atoms with Crippen LogP contribution in [-0.4, -0.2) is 33.5 Å². The largest absolute Gasteiger partial charge is 0.494 e. The summed E-state index contributed by atoms with van der Waals surface area (Å²) in [4.78, 5) is 12.0. The van der Waals surface area contributed by atoms with Crippen molar-refractivity contribution < 1.29 is 15.0 Å². The summed E-state index contributed by atoms with van der Waals surface area (Å²) in [6.07, 6.45) is 2.94. The van der Waals surface area contributed by atoms with E-state index in [2.05, 4.69) is 5.32 Å². The van der Waals surface area contributed by atoms with E-state index in [1.165, 1.54) is 22.4 Å². The van der Waals surface area contributed by atoms with Gasteiger partial charge in [-0.25, -0.2) is 0 Å². The molecule has 0 aliphatic rings. The Morgan fingerprint density at radius 1 is 1.53 bits per heavy atom. The van der Waals surface area contributed by atoms with Gasteiger partial charge in [0, 0.05) is 25.6 Å². The lowest BCUT2D eigenvalue weighted by Crippen LogP contribution is -2.24. The molecule has 3 N–H and O–H groups in total. The summed E-state index contributed by atoms with van der Waals surface area (Å²) in [5.41, 5.74) is 0. The van der Waals surface area contributed by atoms with Gasteiger partial charge in [-0.15, -0.1) is 11.8 Å². The monoisotopic (exact) mass is 258 g/mol. The number of thioether (sulfide) groups is 1. The van der Waals surface area contributed by atoms with Crippen LogP contribution in [0.5, 0.6) is 11.8 Å². The van der Waals surface area contributed by atoms with E-state index in [0.717, 1.165) is 6.42 Å². The van der Waals surface area contributed by atoms with Gasteiger partial charge in [-0.05, 0) is 12.7 Å². The minimum absolute atomic E-state index is 0.0123. The van der Waals surface area contributed by atoms with Gasteiger partial charge < -0.3 is 15.5 Å². The molecule has 1 rings (SSSR count). The number of rotatable bonds is 6. The molecule has 5 nitrogen and oxygen atoms in total. The second kappa shape index (κ2) is 6.44. The Kier molecular flexibility index (Phi) is 5.21. The highest BCUT2D eigenvalue weighted by Crippen LogP contribution is 2.33. The fourth-order valence-electron chi connectivity index (χ4n) is 1.44. The van der Waals surface area contributed by atoms with Gasteiger partial charge in [0.2, 0.25) is 11.8 Å². The van der Waals surface area contributed by atoms with Crippen LogP contribution in [0.1, 0.15) is 19.8 Å². The standard InChI is InChI=1S/C11H18N2O3S/c1-3-5-12-9(14)4-6-13-10(15)7-8(17-2)11(13)16/h7,15-16H,3-6H2,1-2H3,(H,12,14). The molecule has 0 saturated carbocycles. The Morgan fingerprint density at radius 3 is 2.76 bits per heavy atom. The maximum absolute atomic E-state index is 11.4. The summed E-state index contributed by atoms with van der Waals surface area (Å²) < 4.78 is 1.33. The fourth-order valence-corrected chi connectivity index (χ4v) is 1.95. The maximum Gasteiger partial charge on any atom is 0.221 e. The Hall–Kier alpha value is -1.30. The average Bonchev–Trinajstić information content (AvgIpc) is 2.59. The average molecular weight is 258 g/mol. The highest BCUT2D eigenvalue weighted by Gasteiger charge is 2.13. The molecular weight excluding hydrogens is 240 g/mol. The summed E-state index contributed by atoms with van der Waals surface area (Å²) >= 11 is 1.35. The summed E-state index contributed by atoms with van der Waals surface area (Å²) in [5.74, 6) is -0.0847. The van der Waals surface area contributed by atoms with Crippen LogP contribution in [0.3, 0.4) is 0 Å². The van der Waals surface area contributed by atoms with E-state index in [-0.39, 0.29) is 30.6 Å². The molecule has 0 aromatic carbocycles. The van der Waals surface area contributed by atoms with Crippen molar-refractivity contribution in [1.82, 2.24) is 9.88 Å². The van der Waals surface area contributed by atoms with Gasteiger partial charge in [0.25, 0.3) is 0 Å². The topological polar surface area (TPSA) is 74.5 Å². The molecule has 0 aliphatic heterocycles. The lowest BCUT2D eigenvalue weighted by Gasteiger charge is -2.07. The molecule has 0 atom stereocenters. The fraction of sp³-hybridized carbons (Fsp3) is 0.545. The molecule has 1 aromatic heterocycles. The van der Waals surface area contributed by atoms with E-state index in [0.29, 0.717) is 11.4 Å². The Balaban J connectivity index is 2.57. The molecule has 0 radical (unpaired) electrons. The first-order valence-electron chi connectivity index (χ1n) is 5.52. The third kappa shape index (κ3) is 3.59. The van der Waals surface area contributed by atoms with Crippen LogP contribution in [0.15, 0.2) is 11.0 Å². The van der Waals surface area contributed by atoms with Crippen LogP contribution in [0.4, 0.5) is 0 Å². The van der Waals surface area contributed by atoms with Crippen molar-refractivity contribution in [2.45, 2.75) is 31.2 Å². The van der Waals surface area contributed by atoms with Gasteiger partial charge in [-0.1, -0.05) is 6.92 Å². The predicted molar refractivity (Wildman–Crippen MR) is 67.5 cm³/mol. The van der Waals surface area contributed by atoms with Gasteiger partial charge in [-0.2, -0.15) is 0 Å². The number of nitrogens with zero attached hydrogens (tertiary/aromatic N) is 1. The molecule has 96 valence electrons. The van der Waals surface area contributed by atoms with Crippen molar-refractivity contribution in [2.24, 2.45) is 0 Å². The normalized spacial score (nSPS) is 10.5. The Morgan fingerprint density at radius 2 is 2.24 bits per heavy atom. The lowest BCUT2D eigenvalue weighted by atomic mass is 10.3. The van der Waals surface area contributed by atoms with Crippen LogP contribution in [0, 0.1) is 0 Å². The zero-order chi connectivity index (χ0) is 12.8. The van der Waals surface area contributed by atoms with Crippen molar-refractivity contribution in [3.63, 3.8) is 0 Å². The molecule has 0 saturated heterocycles. The van der Waals surface area contributed by atoms with Gasteiger partial charge in [0.1, 0.15) is 0 Å². The molecule has 0 fully saturated rings. The first-order chi connectivity index (χ1) is 8.10. The molecular formula is C11H18N2O3S. The van der Waals surface area contributed by atoms with Crippen LogP contribution in [-0.2, 0) is 11.3 Å². The van der Waals surface area contributed by atoms with E-state index in [4.69, 9.17) is 0 Å². The summed E-state index contributed by atoms with van der Waals surface area (Å²) in [5, 5.41) is 22.1. The second-order valence-corrected chi connectivity index (χ2v) is 4.49. The minimum atomic E-state index is -0.0787. The quantitative estimate of drug-likeness (QED) is 0.677. The first kappa shape index (κ1) is 13.8. The molecule has 0 unspecified atom stereocenters. The number of carbonyl (C=O) groups excluding carboxylic acids is 1. The van der Waals surface area contributed by atoms with E-state index in [9.17, 15) is 15.0 Å². The molecule has 0 aliphatic carbocycles. The second-order valence-electron chi connectivity index (χ2n) is 3.65. The smallest absolute Gasteiger partial charge is 0.221 e. The van der Waals surface area contributed by atoms with E-state index in [1.807, 2.05) is 13.2 Å². The molecule has 1 aromatic rings. The minimum Gasteiger partial charge on any atom is -0.494 e. The molecule has 0 spiro atoms. The number of hydrogen-bond acceptors (Lipinski definition) is 4. The SMILES string of the molecule is CCCNC(=O)CCn1c(O)cc(SC)c1O. The van der Waals surface area contributed by atoms with Crippen molar-refractivity contribution in [3.8, 4) is 11.8 Å². The third-order valence-corrected chi connectivity index (χ3v) is 3.11. The van der Waals surface area contributed by atoms with Gasteiger partial charge >= 0.3 is 0 Å². The molecule has 0 bridgehead atoms. The number of amides is 1. The van der Waals surface area contributed by atoms with Gasteiger partial charge in [0.05, 0.1) is 4.90 Å². The Labute approximate surface area is 105 Å². The number of aromatic nitrogens is 1. The summed E-state index contributed by atoms with van der Waals surface area (Å²) in [6.45, 7) is 2.90. The Bertz CT molecular complexity index is 390. The zero-order valence-electron chi connectivity index (χ0n) is 10.1. The number of nitrogens with one attached hydrogen (secondary N) is 1. The van der Waals surface area contributed by atoms with Crippen molar-refractivity contribution in [1.29, 1.82) is 0 Å². The van der Waals surface area contributed by atoms with E-state index in [1.54, 1.807) is 0 Å². The highest BCUT2D eigenvalue weighted by atomic mass is 32.2. The predicted octanol–water partition coefficient (Wildman–Crippen LogP) is 1.54. The molecule has 1 amide bonds. The van der Waals surface area contributed by atoms with E-state index >= 15 is 0 Å². The van der Waals surface area contributed by atoms with Crippen molar-refractivity contribution in [3.05, 3.63) is 6.07 Å². The molecule has 17 heavy (non-hydrogen) atoms. The van der Waals surface area contributed by atoms with Crippen LogP contribution >= 0.6 is 11.8 Å². The zero-order valence-corrected chi connectivity index (χ0v) is 10.9. The van der Waals surface area contributed by atoms with Crippen LogP contribution in [0.2, 0.25) is 0 Å². The number of aromatic hydroxyl groups is 2. The molecule has 6 heteroatoms. The van der Waals surface area contributed by atoms with Crippen molar-refractivity contribution >= 4 is 17.7 Å². The van der Waals surface area contributed by atoms with Crippen LogP contribution in [0.25, 0.3) is 0 Å². The van der Waals surface area contributed by atoms with Crippen LogP contribution < -0.4 is 5.32 Å². The van der Waals surface area contributed by atoms with Gasteiger partial charge in [-0.3, -0.25) is 9.36 Å². The third-order valence-electron chi connectivity index (χ3n) is 2.37. The first-order valence-corrected chi connectivity index (χ1v) is 6.74. The van der Waals surface area contributed by atoms with Gasteiger partial charge in [0.15, 0.2) is 5.88 Å². The summed E-state index contributed by atoms with van der Waals surface area (Å²) in [6, 6.07) is 1.49. The summed E-state index contributed by atoms with van der Waals surface area (Å²) in [7, 11) is 0. The number of carbonyl (C=O) groups is 1. The highest BCUT2D eigenvalue weighted by molar-refractivity contribution is 7.98.